The molecule has 11 heteroatoms. The van der Waals surface area contributed by atoms with Crippen LogP contribution in [0, 0.1) is 20.2 Å². The number of benzene rings is 2. The van der Waals surface area contributed by atoms with E-state index in [4.69, 9.17) is 9.15 Å². The fourth-order valence-electron chi connectivity index (χ4n) is 2.79. The largest absolute Gasteiger partial charge is 0.462 e. The van der Waals surface area contributed by atoms with Crippen molar-refractivity contribution in [2.45, 2.75) is 19.8 Å². The van der Waals surface area contributed by atoms with E-state index in [1.54, 1.807) is 36.4 Å². The maximum absolute atomic E-state index is 12.0. The van der Waals surface area contributed by atoms with Crippen LogP contribution in [-0.4, -0.2) is 28.6 Å². The number of nitrogens with one attached hydrogen (secondary N) is 1. The van der Waals surface area contributed by atoms with Crippen molar-refractivity contribution in [3.05, 3.63) is 86.1 Å². The quantitative estimate of drug-likeness (QED) is 0.146. The van der Waals surface area contributed by atoms with Crippen LogP contribution in [0.1, 0.15) is 35.9 Å². The zero-order chi connectivity index (χ0) is 23.8. The number of furan rings is 1. The van der Waals surface area contributed by atoms with Gasteiger partial charge < -0.3 is 9.15 Å². The number of esters is 1. The number of unbranched alkanes of at least 4 members (excludes halogenated alkanes) is 1. The molecule has 1 N–H and O–H groups in total. The summed E-state index contributed by atoms with van der Waals surface area (Å²) in [6.45, 7) is 2.40. The molecule has 0 aliphatic rings. The lowest BCUT2D eigenvalue weighted by Gasteiger charge is -2.04. The maximum Gasteiger partial charge on any atom is 0.338 e. The average Bonchev–Trinajstić information content (AvgIpc) is 3.28. The fourth-order valence-corrected chi connectivity index (χ4v) is 2.79. The van der Waals surface area contributed by atoms with Crippen LogP contribution in [0.2, 0.25) is 0 Å². The van der Waals surface area contributed by atoms with Crippen molar-refractivity contribution >= 4 is 29.2 Å². The molecule has 33 heavy (non-hydrogen) atoms. The molecule has 1 heterocycles. The Labute approximate surface area is 188 Å². The molecule has 3 rings (SSSR count). The molecule has 0 radical (unpaired) electrons. The Morgan fingerprint density at radius 1 is 1.09 bits per heavy atom. The van der Waals surface area contributed by atoms with Gasteiger partial charge in [-0.15, -0.1) is 0 Å². The number of rotatable bonds is 10. The monoisotopic (exact) mass is 452 g/mol. The summed E-state index contributed by atoms with van der Waals surface area (Å²) in [6.07, 6.45) is 3.07. The Hall–Kier alpha value is -4.54. The summed E-state index contributed by atoms with van der Waals surface area (Å²) in [5.74, 6) is 0.516. The second-order valence-corrected chi connectivity index (χ2v) is 6.85. The topological polar surface area (TPSA) is 150 Å². The molecule has 0 saturated carbocycles. The average molecular weight is 452 g/mol. The van der Waals surface area contributed by atoms with E-state index in [1.165, 1.54) is 12.3 Å². The zero-order valence-electron chi connectivity index (χ0n) is 17.6. The number of carbonyl (C=O) groups is 1. The number of ether oxygens (including phenoxy) is 1. The number of hydrogen-bond donors (Lipinski definition) is 1. The Bertz CT molecular complexity index is 1190. The fraction of sp³-hybridized carbons (Fsp3) is 0.182. The maximum atomic E-state index is 12.0. The normalized spacial score (nSPS) is 10.8. The number of carbonyl (C=O) groups excluding carboxylic acids is 1. The number of nitro groups is 2. The van der Waals surface area contributed by atoms with Crippen molar-refractivity contribution in [2.24, 2.45) is 5.10 Å². The minimum absolute atomic E-state index is 0.00459. The van der Waals surface area contributed by atoms with Gasteiger partial charge in [-0.25, -0.2) is 4.79 Å². The summed E-state index contributed by atoms with van der Waals surface area (Å²) in [5, 5.41) is 25.9. The summed E-state index contributed by atoms with van der Waals surface area (Å²) >= 11 is 0. The third-order valence-electron chi connectivity index (χ3n) is 4.53. The molecule has 0 atom stereocenters. The number of nitro benzene ring substituents is 2. The molecule has 0 aliphatic heterocycles. The van der Waals surface area contributed by atoms with E-state index in [0.29, 0.717) is 23.7 Å². The highest BCUT2D eigenvalue weighted by Crippen LogP contribution is 2.29. The van der Waals surface area contributed by atoms with E-state index in [1.807, 2.05) is 6.92 Å². The highest BCUT2D eigenvalue weighted by molar-refractivity contribution is 5.90. The molecular formula is C22H20N4O7. The lowest BCUT2D eigenvalue weighted by atomic mass is 10.1. The first kappa shape index (κ1) is 23.1. The lowest BCUT2D eigenvalue weighted by molar-refractivity contribution is -0.393. The van der Waals surface area contributed by atoms with Crippen LogP contribution < -0.4 is 5.43 Å². The van der Waals surface area contributed by atoms with Gasteiger partial charge in [0, 0.05) is 11.6 Å². The van der Waals surface area contributed by atoms with Crippen LogP contribution in [0.5, 0.6) is 0 Å². The Morgan fingerprint density at radius 2 is 1.85 bits per heavy atom. The van der Waals surface area contributed by atoms with E-state index >= 15 is 0 Å². The minimum Gasteiger partial charge on any atom is -0.462 e. The van der Waals surface area contributed by atoms with Crippen molar-refractivity contribution in [3.8, 4) is 11.3 Å². The molecule has 0 unspecified atom stereocenters. The van der Waals surface area contributed by atoms with Gasteiger partial charge in [-0.1, -0.05) is 25.5 Å². The van der Waals surface area contributed by atoms with Crippen LogP contribution in [0.15, 0.2) is 64.1 Å². The molecule has 1 aromatic heterocycles. The summed E-state index contributed by atoms with van der Waals surface area (Å²) in [5.41, 5.74) is 2.79. The third kappa shape index (κ3) is 6.00. The predicted molar refractivity (Wildman–Crippen MR) is 120 cm³/mol. The molecule has 0 spiro atoms. The smallest absolute Gasteiger partial charge is 0.338 e. The van der Waals surface area contributed by atoms with Gasteiger partial charge in [0.2, 0.25) is 0 Å². The molecule has 170 valence electrons. The van der Waals surface area contributed by atoms with Gasteiger partial charge in [0.15, 0.2) is 0 Å². The van der Waals surface area contributed by atoms with E-state index in [2.05, 4.69) is 10.5 Å². The van der Waals surface area contributed by atoms with E-state index in [0.717, 1.165) is 30.5 Å². The SMILES string of the molecule is CCCCOC(=O)c1ccc(-c2ccc(/C=N/Nc3ccc([N+](=O)[O-])cc3[N+](=O)[O-])o2)cc1. The number of non-ortho nitro benzene ring substituents is 1. The molecule has 3 aromatic rings. The molecule has 11 nitrogen and oxygen atoms in total. The Morgan fingerprint density at radius 3 is 2.52 bits per heavy atom. The molecule has 0 amide bonds. The summed E-state index contributed by atoms with van der Waals surface area (Å²) in [6, 6.07) is 13.3. The number of hydrazone groups is 1. The molecule has 0 saturated heterocycles. The lowest BCUT2D eigenvalue weighted by Crippen LogP contribution is -2.05. The first-order valence-corrected chi connectivity index (χ1v) is 9.98. The van der Waals surface area contributed by atoms with Crippen LogP contribution in [0.4, 0.5) is 17.1 Å². The van der Waals surface area contributed by atoms with Crippen molar-refractivity contribution in [2.75, 3.05) is 12.0 Å². The van der Waals surface area contributed by atoms with Crippen LogP contribution >= 0.6 is 0 Å². The highest BCUT2D eigenvalue weighted by Gasteiger charge is 2.19. The van der Waals surface area contributed by atoms with Gasteiger partial charge in [-0.3, -0.25) is 25.7 Å². The van der Waals surface area contributed by atoms with E-state index in [-0.39, 0.29) is 11.7 Å². The molecule has 2 aromatic carbocycles. The minimum atomic E-state index is -0.737. The van der Waals surface area contributed by atoms with E-state index < -0.39 is 21.2 Å². The van der Waals surface area contributed by atoms with Gasteiger partial charge in [-0.05, 0) is 36.8 Å². The number of hydrogen-bond acceptors (Lipinski definition) is 9. The molecule has 0 aliphatic carbocycles. The summed E-state index contributed by atoms with van der Waals surface area (Å²) in [7, 11) is 0. The first-order valence-electron chi connectivity index (χ1n) is 9.98. The van der Waals surface area contributed by atoms with E-state index in [9.17, 15) is 25.0 Å². The highest BCUT2D eigenvalue weighted by atomic mass is 16.6. The second kappa shape index (κ2) is 10.7. The van der Waals surface area contributed by atoms with Gasteiger partial charge in [-0.2, -0.15) is 5.10 Å². The molecule has 0 bridgehead atoms. The Kier molecular flexibility index (Phi) is 7.47. The van der Waals surface area contributed by atoms with Crippen molar-refractivity contribution in [1.82, 2.24) is 0 Å². The second-order valence-electron chi connectivity index (χ2n) is 6.85. The molecular weight excluding hydrogens is 432 g/mol. The van der Waals surface area contributed by atoms with Gasteiger partial charge in [0.25, 0.3) is 5.69 Å². The first-order chi connectivity index (χ1) is 15.9. The van der Waals surface area contributed by atoms with Crippen LogP contribution in [0.25, 0.3) is 11.3 Å². The van der Waals surface area contributed by atoms with Gasteiger partial charge in [0.1, 0.15) is 17.2 Å². The summed E-state index contributed by atoms with van der Waals surface area (Å²) in [4.78, 5) is 32.5. The van der Waals surface area contributed by atoms with Crippen LogP contribution in [-0.2, 0) is 4.74 Å². The standard InChI is InChI=1S/C22H20N4O7/c1-2-3-12-32-22(27)16-6-4-15(5-7-16)21-11-9-18(33-21)14-23-24-19-10-8-17(25(28)29)13-20(19)26(30)31/h4-11,13-14,24H,2-3,12H2,1H3/b23-14+. The Balaban J connectivity index is 1.66. The zero-order valence-corrected chi connectivity index (χ0v) is 17.6. The predicted octanol–water partition coefficient (Wildman–Crippen LogP) is 5.17. The van der Waals surface area contributed by atoms with Crippen molar-refractivity contribution in [3.63, 3.8) is 0 Å². The molecule has 0 fully saturated rings. The van der Waals surface area contributed by atoms with Crippen molar-refractivity contribution in [1.29, 1.82) is 0 Å². The van der Waals surface area contributed by atoms with Crippen molar-refractivity contribution < 1.29 is 23.8 Å². The van der Waals surface area contributed by atoms with Gasteiger partial charge >= 0.3 is 11.7 Å². The number of anilines is 1. The van der Waals surface area contributed by atoms with Gasteiger partial charge in [0.05, 0.1) is 34.3 Å². The number of nitrogens with zero attached hydrogens (tertiary/aromatic N) is 3. The third-order valence-corrected chi connectivity index (χ3v) is 4.53. The van der Waals surface area contributed by atoms with Crippen LogP contribution in [0.3, 0.4) is 0 Å². The summed E-state index contributed by atoms with van der Waals surface area (Å²) < 4.78 is 10.9.